The van der Waals surface area contributed by atoms with Gasteiger partial charge in [0.05, 0.1) is 12.4 Å². The average Bonchev–Trinajstić information content (AvgIpc) is 2.66. The summed E-state index contributed by atoms with van der Waals surface area (Å²) in [6.45, 7) is 0. The number of methoxy groups -OCH3 is 1. The number of hydrogen-bond acceptors (Lipinski definition) is 5. The number of hydrogen-bond donors (Lipinski definition) is 1. The van der Waals surface area contributed by atoms with Crippen LogP contribution < -0.4 is 0 Å². The van der Waals surface area contributed by atoms with E-state index in [9.17, 15) is 4.79 Å². The molecule has 3 nitrogen and oxygen atoms in total. The van der Waals surface area contributed by atoms with E-state index < -0.39 is 0 Å². The summed E-state index contributed by atoms with van der Waals surface area (Å²) in [5.41, 5.74) is 0. The molecule has 0 saturated carbocycles. The summed E-state index contributed by atoms with van der Waals surface area (Å²) < 4.78 is 4.53. The Kier molecular flexibility index (Phi) is 4.24. The highest BCUT2D eigenvalue weighted by molar-refractivity contribution is 7.80. The number of aromatic nitrogens is 1. The third-order valence-electron chi connectivity index (χ3n) is 1.59. The molecule has 5 heteroatoms. The maximum Gasteiger partial charge on any atom is 0.305 e. The van der Waals surface area contributed by atoms with Crippen molar-refractivity contribution >= 4 is 29.9 Å². The van der Waals surface area contributed by atoms with Crippen LogP contribution in [-0.4, -0.2) is 18.1 Å². The minimum absolute atomic E-state index is 0.0408. The Labute approximate surface area is 86.5 Å². The van der Waals surface area contributed by atoms with E-state index in [1.165, 1.54) is 7.11 Å². The van der Waals surface area contributed by atoms with E-state index in [1.54, 1.807) is 17.5 Å². The van der Waals surface area contributed by atoms with Crippen molar-refractivity contribution in [2.24, 2.45) is 0 Å². The van der Waals surface area contributed by atoms with Crippen LogP contribution >= 0.6 is 24.0 Å². The number of thiol groups is 1. The van der Waals surface area contributed by atoms with Crippen molar-refractivity contribution in [2.75, 3.05) is 7.11 Å². The van der Waals surface area contributed by atoms with Crippen molar-refractivity contribution in [3.63, 3.8) is 0 Å². The van der Waals surface area contributed by atoms with Gasteiger partial charge in [0.15, 0.2) is 0 Å². The number of carbonyl (C=O) groups is 1. The van der Waals surface area contributed by atoms with Crippen molar-refractivity contribution in [1.29, 1.82) is 0 Å². The number of ether oxygens (including phenoxy) is 1. The van der Waals surface area contributed by atoms with E-state index in [0.717, 1.165) is 5.01 Å². The van der Waals surface area contributed by atoms with Gasteiger partial charge in [0, 0.05) is 18.0 Å². The first-order valence-corrected chi connectivity index (χ1v) is 5.28. The van der Waals surface area contributed by atoms with Crippen molar-refractivity contribution in [3.05, 3.63) is 16.6 Å². The Morgan fingerprint density at radius 2 is 2.62 bits per heavy atom. The van der Waals surface area contributed by atoms with Gasteiger partial charge < -0.3 is 4.74 Å². The van der Waals surface area contributed by atoms with Gasteiger partial charge in [-0.3, -0.25) is 4.79 Å². The predicted molar refractivity (Wildman–Crippen MR) is 55.1 cm³/mol. The molecule has 0 amide bonds. The van der Waals surface area contributed by atoms with Crippen LogP contribution in [0.2, 0.25) is 0 Å². The second kappa shape index (κ2) is 5.24. The molecule has 1 rings (SSSR count). The summed E-state index contributed by atoms with van der Waals surface area (Å²) in [6.07, 6.45) is 2.80. The largest absolute Gasteiger partial charge is 0.469 e. The highest BCUT2D eigenvalue weighted by Gasteiger charge is 2.11. The lowest BCUT2D eigenvalue weighted by Gasteiger charge is -2.05. The molecule has 1 aromatic heterocycles. The molecule has 0 aliphatic carbocycles. The van der Waals surface area contributed by atoms with Crippen LogP contribution in [0.3, 0.4) is 0 Å². The molecule has 0 aliphatic heterocycles. The molecule has 0 fully saturated rings. The molecule has 0 N–H and O–H groups in total. The molecule has 13 heavy (non-hydrogen) atoms. The van der Waals surface area contributed by atoms with Gasteiger partial charge in [-0.1, -0.05) is 0 Å². The van der Waals surface area contributed by atoms with E-state index in [1.807, 2.05) is 5.38 Å². The molecular weight excluding hydrogens is 206 g/mol. The monoisotopic (exact) mass is 217 g/mol. The summed E-state index contributed by atoms with van der Waals surface area (Å²) in [5, 5.41) is 2.89. The zero-order valence-corrected chi connectivity index (χ0v) is 8.98. The molecule has 0 bridgehead atoms. The number of thiazole rings is 1. The standard InChI is InChI=1S/C8H11NO2S2/c1-11-7(10)3-2-6(12)8-9-4-5-13-8/h4-6,12H,2-3H2,1H3. The van der Waals surface area contributed by atoms with Crippen LogP contribution in [0.15, 0.2) is 11.6 Å². The Bertz CT molecular complexity index is 261. The van der Waals surface area contributed by atoms with Crippen LogP contribution in [-0.2, 0) is 9.53 Å². The van der Waals surface area contributed by atoms with E-state index in [2.05, 4.69) is 22.3 Å². The van der Waals surface area contributed by atoms with Crippen LogP contribution in [0.5, 0.6) is 0 Å². The van der Waals surface area contributed by atoms with Gasteiger partial charge >= 0.3 is 5.97 Å². The molecule has 1 atom stereocenters. The first-order chi connectivity index (χ1) is 6.24. The molecule has 72 valence electrons. The molecule has 0 radical (unpaired) electrons. The summed E-state index contributed by atoms with van der Waals surface area (Å²) >= 11 is 5.89. The van der Waals surface area contributed by atoms with Gasteiger partial charge in [-0.05, 0) is 6.42 Å². The molecule has 0 spiro atoms. The molecule has 0 aromatic carbocycles. The zero-order valence-electron chi connectivity index (χ0n) is 7.27. The van der Waals surface area contributed by atoms with Crippen molar-refractivity contribution in [1.82, 2.24) is 4.98 Å². The average molecular weight is 217 g/mol. The summed E-state index contributed by atoms with van der Waals surface area (Å²) in [6, 6.07) is 0. The molecular formula is C8H11NO2S2. The number of carbonyl (C=O) groups excluding carboxylic acids is 1. The Morgan fingerprint density at radius 1 is 1.85 bits per heavy atom. The van der Waals surface area contributed by atoms with E-state index in [4.69, 9.17) is 0 Å². The number of rotatable bonds is 4. The smallest absolute Gasteiger partial charge is 0.305 e. The van der Waals surface area contributed by atoms with Crippen molar-refractivity contribution < 1.29 is 9.53 Å². The lowest BCUT2D eigenvalue weighted by Crippen LogP contribution is -2.01. The molecule has 0 saturated heterocycles. The van der Waals surface area contributed by atoms with Crippen molar-refractivity contribution in [3.8, 4) is 0 Å². The van der Waals surface area contributed by atoms with Crippen LogP contribution in [0, 0.1) is 0 Å². The summed E-state index contributed by atoms with van der Waals surface area (Å²) in [5.74, 6) is -0.199. The first kappa shape index (κ1) is 10.5. The van der Waals surface area contributed by atoms with Gasteiger partial charge in [-0.2, -0.15) is 12.6 Å². The van der Waals surface area contributed by atoms with Crippen LogP contribution in [0.1, 0.15) is 23.1 Å². The number of esters is 1. The highest BCUT2D eigenvalue weighted by Crippen LogP contribution is 2.26. The second-order valence-corrected chi connectivity index (χ2v) is 4.05. The van der Waals surface area contributed by atoms with E-state index in [-0.39, 0.29) is 11.2 Å². The fourth-order valence-electron chi connectivity index (χ4n) is 0.879. The Hall–Kier alpha value is -0.550. The SMILES string of the molecule is COC(=O)CCC(S)c1nccs1. The fourth-order valence-corrected chi connectivity index (χ4v) is 1.92. The van der Waals surface area contributed by atoms with Gasteiger partial charge in [-0.15, -0.1) is 11.3 Å². The van der Waals surface area contributed by atoms with Crippen molar-refractivity contribution in [2.45, 2.75) is 18.1 Å². The normalized spacial score (nSPS) is 12.5. The highest BCUT2D eigenvalue weighted by atomic mass is 32.1. The van der Waals surface area contributed by atoms with E-state index >= 15 is 0 Å². The molecule has 1 unspecified atom stereocenters. The summed E-state index contributed by atoms with van der Waals surface area (Å²) in [4.78, 5) is 14.9. The summed E-state index contributed by atoms with van der Waals surface area (Å²) in [7, 11) is 1.39. The maximum absolute atomic E-state index is 10.8. The zero-order chi connectivity index (χ0) is 9.68. The Morgan fingerprint density at radius 3 is 3.15 bits per heavy atom. The first-order valence-electron chi connectivity index (χ1n) is 3.88. The van der Waals surface area contributed by atoms with Gasteiger partial charge in [-0.25, -0.2) is 4.98 Å². The molecule has 1 heterocycles. The number of nitrogens with zero attached hydrogens (tertiary/aromatic N) is 1. The molecule has 1 aromatic rings. The van der Waals surface area contributed by atoms with Gasteiger partial charge in [0.1, 0.15) is 5.01 Å². The topological polar surface area (TPSA) is 39.2 Å². The van der Waals surface area contributed by atoms with Gasteiger partial charge in [0.25, 0.3) is 0 Å². The van der Waals surface area contributed by atoms with Crippen LogP contribution in [0.25, 0.3) is 0 Å². The third kappa shape index (κ3) is 3.36. The van der Waals surface area contributed by atoms with Crippen LogP contribution in [0.4, 0.5) is 0 Å². The lowest BCUT2D eigenvalue weighted by molar-refractivity contribution is -0.140. The second-order valence-electron chi connectivity index (χ2n) is 2.50. The Balaban J connectivity index is 2.34. The minimum Gasteiger partial charge on any atom is -0.469 e. The van der Waals surface area contributed by atoms with E-state index in [0.29, 0.717) is 12.8 Å². The van der Waals surface area contributed by atoms with Gasteiger partial charge in [0.2, 0.25) is 0 Å². The predicted octanol–water partition coefficient (Wildman–Crippen LogP) is 2.07. The minimum atomic E-state index is -0.199. The maximum atomic E-state index is 10.8. The fraction of sp³-hybridized carbons (Fsp3) is 0.500. The third-order valence-corrected chi connectivity index (χ3v) is 3.15. The quantitative estimate of drug-likeness (QED) is 0.620. The molecule has 0 aliphatic rings. The lowest BCUT2D eigenvalue weighted by atomic mass is 10.2.